The van der Waals surface area contributed by atoms with Gasteiger partial charge in [0.1, 0.15) is 0 Å². The van der Waals surface area contributed by atoms with Crippen LogP contribution in [-0.2, 0) is 16.0 Å². The first-order chi connectivity index (χ1) is 14.1. The fraction of sp³-hybridized carbons (Fsp3) is 0.364. The summed E-state index contributed by atoms with van der Waals surface area (Å²) in [5.41, 5.74) is 2.30. The van der Waals surface area contributed by atoms with Crippen LogP contribution >= 0.6 is 0 Å². The third-order valence-electron chi connectivity index (χ3n) is 5.12. The number of nitrogens with one attached hydrogen (secondary N) is 1. The van der Waals surface area contributed by atoms with Gasteiger partial charge in [-0.1, -0.05) is 6.07 Å². The molecule has 0 bridgehead atoms. The highest BCUT2D eigenvalue weighted by atomic mass is 16.7. The van der Waals surface area contributed by atoms with E-state index in [1.165, 1.54) is 0 Å². The maximum atomic E-state index is 12.6. The summed E-state index contributed by atoms with van der Waals surface area (Å²) in [4.78, 5) is 26.7. The Labute approximate surface area is 169 Å². The average Bonchev–Trinajstić information content (AvgIpc) is 3.21. The lowest BCUT2D eigenvalue weighted by molar-refractivity contribution is -0.116. The molecule has 0 radical (unpaired) electrons. The molecule has 1 unspecified atom stereocenters. The molecule has 1 saturated heterocycles. The topological polar surface area (TPSA) is 77.1 Å². The summed E-state index contributed by atoms with van der Waals surface area (Å²) < 4.78 is 16.0. The number of hydrogen-bond donors (Lipinski definition) is 1. The molecule has 7 nitrogen and oxygen atoms in total. The molecule has 2 heterocycles. The van der Waals surface area contributed by atoms with Gasteiger partial charge in [0, 0.05) is 24.2 Å². The molecular formula is C22H24N2O5. The number of ether oxygens (including phenoxy) is 3. The molecule has 0 saturated carbocycles. The number of carbonyl (C=O) groups excluding carboxylic acids is 2. The molecule has 0 aromatic heterocycles. The van der Waals surface area contributed by atoms with Crippen LogP contribution in [0.2, 0.25) is 0 Å². The molecule has 0 spiro atoms. The second kappa shape index (κ2) is 8.53. The number of hydrogen-bond acceptors (Lipinski definition) is 5. The van der Waals surface area contributed by atoms with Crippen LogP contribution in [0.5, 0.6) is 11.5 Å². The Balaban J connectivity index is 1.30. The number of morpholine rings is 1. The van der Waals surface area contributed by atoms with Crippen LogP contribution in [0.3, 0.4) is 0 Å². The number of anilines is 1. The molecule has 2 aliphatic heterocycles. The Morgan fingerprint density at radius 3 is 2.69 bits per heavy atom. The zero-order chi connectivity index (χ0) is 20.2. The molecule has 2 aromatic carbocycles. The predicted octanol–water partition coefficient (Wildman–Crippen LogP) is 2.85. The van der Waals surface area contributed by atoms with Crippen molar-refractivity contribution in [1.82, 2.24) is 4.90 Å². The smallest absolute Gasteiger partial charge is 0.254 e. The predicted molar refractivity (Wildman–Crippen MR) is 107 cm³/mol. The molecule has 2 aromatic rings. The highest BCUT2D eigenvalue weighted by Crippen LogP contribution is 2.32. The van der Waals surface area contributed by atoms with Gasteiger partial charge in [-0.15, -0.1) is 0 Å². The van der Waals surface area contributed by atoms with Crippen molar-refractivity contribution in [3.63, 3.8) is 0 Å². The number of carbonyl (C=O) groups is 2. The minimum Gasteiger partial charge on any atom is -0.454 e. The van der Waals surface area contributed by atoms with E-state index < -0.39 is 0 Å². The van der Waals surface area contributed by atoms with E-state index in [1.807, 2.05) is 30.0 Å². The lowest BCUT2D eigenvalue weighted by Gasteiger charge is -2.33. The number of amides is 2. The average molecular weight is 396 g/mol. The highest BCUT2D eigenvalue weighted by molar-refractivity contribution is 5.96. The van der Waals surface area contributed by atoms with Gasteiger partial charge < -0.3 is 24.4 Å². The first-order valence-corrected chi connectivity index (χ1v) is 9.77. The van der Waals surface area contributed by atoms with Gasteiger partial charge in [0.05, 0.1) is 19.3 Å². The molecule has 0 aliphatic carbocycles. The molecule has 2 amide bonds. The first kappa shape index (κ1) is 19.3. The standard InChI is InChI=1S/C22H24N2O5/c1-15-13-27-11-10-24(15)22(26)17-4-6-18(7-5-17)23-21(25)9-3-16-2-8-19-20(12-16)29-14-28-19/h2,4-8,12,15H,3,9-11,13-14H2,1H3,(H,23,25). The molecule has 152 valence electrons. The quantitative estimate of drug-likeness (QED) is 0.841. The molecular weight excluding hydrogens is 372 g/mol. The van der Waals surface area contributed by atoms with Crippen LogP contribution in [-0.4, -0.2) is 49.3 Å². The lowest BCUT2D eigenvalue weighted by atomic mass is 10.1. The fourth-order valence-electron chi connectivity index (χ4n) is 3.47. The van der Waals surface area contributed by atoms with Crippen LogP contribution in [0.15, 0.2) is 42.5 Å². The van der Waals surface area contributed by atoms with E-state index in [9.17, 15) is 9.59 Å². The van der Waals surface area contributed by atoms with Crippen LogP contribution < -0.4 is 14.8 Å². The van der Waals surface area contributed by atoms with Crippen molar-refractivity contribution in [3.8, 4) is 11.5 Å². The zero-order valence-electron chi connectivity index (χ0n) is 16.3. The lowest BCUT2D eigenvalue weighted by Crippen LogP contribution is -2.47. The Kier molecular flexibility index (Phi) is 5.67. The molecule has 2 aliphatic rings. The Bertz CT molecular complexity index is 897. The number of fused-ring (bicyclic) bond motifs is 1. The van der Waals surface area contributed by atoms with E-state index in [1.54, 1.807) is 24.3 Å². The normalized spacial score (nSPS) is 17.8. The molecule has 7 heteroatoms. The summed E-state index contributed by atoms with van der Waals surface area (Å²) in [5, 5.41) is 2.88. The van der Waals surface area contributed by atoms with Gasteiger partial charge in [-0.25, -0.2) is 0 Å². The van der Waals surface area contributed by atoms with Crippen molar-refractivity contribution < 1.29 is 23.8 Å². The van der Waals surface area contributed by atoms with Gasteiger partial charge in [0.25, 0.3) is 5.91 Å². The maximum Gasteiger partial charge on any atom is 0.254 e. The fourth-order valence-corrected chi connectivity index (χ4v) is 3.47. The van der Waals surface area contributed by atoms with E-state index in [4.69, 9.17) is 14.2 Å². The Morgan fingerprint density at radius 1 is 1.10 bits per heavy atom. The van der Waals surface area contributed by atoms with Crippen LogP contribution in [0.25, 0.3) is 0 Å². The maximum absolute atomic E-state index is 12.6. The summed E-state index contributed by atoms with van der Waals surface area (Å²) in [6.45, 7) is 3.93. The molecule has 1 fully saturated rings. The van der Waals surface area contributed by atoms with Gasteiger partial charge in [-0.2, -0.15) is 0 Å². The van der Waals surface area contributed by atoms with Crippen molar-refractivity contribution in [2.24, 2.45) is 0 Å². The number of aryl methyl sites for hydroxylation is 1. The van der Waals surface area contributed by atoms with Gasteiger partial charge in [0.2, 0.25) is 12.7 Å². The SMILES string of the molecule is CC1COCCN1C(=O)c1ccc(NC(=O)CCc2ccc3c(c2)OCO3)cc1. The highest BCUT2D eigenvalue weighted by Gasteiger charge is 2.24. The van der Waals surface area contributed by atoms with Crippen molar-refractivity contribution >= 4 is 17.5 Å². The van der Waals surface area contributed by atoms with E-state index in [0.29, 0.717) is 43.9 Å². The van der Waals surface area contributed by atoms with Crippen LogP contribution in [0.1, 0.15) is 29.3 Å². The molecule has 29 heavy (non-hydrogen) atoms. The van der Waals surface area contributed by atoms with Crippen LogP contribution in [0.4, 0.5) is 5.69 Å². The van der Waals surface area contributed by atoms with Crippen molar-refractivity contribution in [2.75, 3.05) is 31.9 Å². The third kappa shape index (κ3) is 4.51. The summed E-state index contributed by atoms with van der Waals surface area (Å²) >= 11 is 0. The first-order valence-electron chi connectivity index (χ1n) is 9.77. The summed E-state index contributed by atoms with van der Waals surface area (Å²) in [6, 6.07) is 12.8. The Morgan fingerprint density at radius 2 is 1.90 bits per heavy atom. The van der Waals surface area contributed by atoms with E-state index in [0.717, 1.165) is 17.1 Å². The second-order valence-electron chi connectivity index (χ2n) is 7.24. The zero-order valence-corrected chi connectivity index (χ0v) is 16.3. The minimum absolute atomic E-state index is 0.0125. The van der Waals surface area contributed by atoms with E-state index in [-0.39, 0.29) is 24.6 Å². The Hall–Kier alpha value is -3.06. The monoisotopic (exact) mass is 396 g/mol. The van der Waals surface area contributed by atoms with Crippen molar-refractivity contribution in [1.29, 1.82) is 0 Å². The number of rotatable bonds is 5. The summed E-state index contributed by atoms with van der Waals surface area (Å²) in [5.74, 6) is 1.36. The van der Waals surface area contributed by atoms with Gasteiger partial charge in [-0.05, 0) is 55.3 Å². The molecule has 1 atom stereocenters. The van der Waals surface area contributed by atoms with Gasteiger partial charge >= 0.3 is 0 Å². The molecule has 1 N–H and O–H groups in total. The van der Waals surface area contributed by atoms with E-state index >= 15 is 0 Å². The van der Waals surface area contributed by atoms with Crippen molar-refractivity contribution in [3.05, 3.63) is 53.6 Å². The van der Waals surface area contributed by atoms with Crippen LogP contribution in [0, 0.1) is 0 Å². The second-order valence-corrected chi connectivity index (χ2v) is 7.24. The largest absolute Gasteiger partial charge is 0.454 e. The van der Waals surface area contributed by atoms with Gasteiger partial charge in [-0.3, -0.25) is 9.59 Å². The summed E-state index contributed by atoms with van der Waals surface area (Å²) in [7, 11) is 0. The number of benzene rings is 2. The number of nitrogens with zero attached hydrogens (tertiary/aromatic N) is 1. The molecule has 4 rings (SSSR count). The summed E-state index contributed by atoms with van der Waals surface area (Å²) in [6.07, 6.45) is 0.958. The van der Waals surface area contributed by atoms with Crippen molar-refractivity contribution in [2.45, 2.75) is 25.8 Å². The van der Waals surface area contributed by atoms with E-state index in [2.05, 4.69) is 5.32 Å². The third-order valence-corrected chi connectivity index (χ3v) is 5.12. The van der Waals surface area contributed by atoms with Gasteiger partial charge in [0.15, 0.2) is 11.5 Å². The minimum atomic E-state index is -0.0801.